The van der Waals surface area contributed by atoms with E-state index < -0.39 is 58.4 Å². The first-order chi connectivity index (χ1) is 18.3. The summed E-state index contributed by atoms with van der Waals surface area (Å²) in [4.78, 5) is 39.0. The van der Waals surface area contributed by atoms with Crippen LogP contribution in [0, 0.1) is 11.3 Å². The monoisotopic (exact) mass is 536 g/mol. The summed E-state index contributed by atoms with van der Waals surface area (Å²) in [5.74, 6) is -1.75. The summed E-state index contributed by atoms with van der Waals surface area (Å²) in [5.41, 5.74) is -3.97. The first-order valence-electron chi connectivity index (χ1n) is 13.4. The largest absolute Gasteiger partial charge is 0.458 e. The molecule has 1 spiro atoms. The van der Waals surface area contributed by atoms with Gasteiger partial charge in [0.1, 0.15) is 17.8 Å². The third-order valence-electron chi connectivity index (χ3n) is 9.21. The van der Waals surface area contributed by atoms with Crippen LogP contribution in [-0.2, 0) is 23.7 Å². The average Bonchev–Trinajstić information content (AvgIpc) is 3.13. The summed E-state index contributed by atoms with van der Waals surface area (Å²) in [6.07, 6.45) is -2.01. The van der Waals surface area contributed by atoms with E-state index in [4.69, 9.17) is 18.9 Å². The van der Waals surface area contributed by atoms with Gasteiger partial charge in [0, 0.05) is 13.3 Å². The number of hydrogen-bond donors (Lipinski definition) is 1. The molecule has 8 heteroatoms. The average molecular weight is 537 g/mol. The predicted octanol–water partition coefficient (Wildman–Crippen LogP) is 4.49. The predicted molar refractivity (Wildman–Crippen MR) is 141 cm³/mol. The molecule has 1 heterocycles. The Balaban J connectivity index is 1.64. The maximum atomic E-state index is 13.4. The molecule has 3 aliphatic rings. The van der Waals surface area contributed by atoms with E-state index in [0.717, 1.165) is 0 Å². The standard InChI is InChI=1S/C31H36O8/c1-19(32)36-23-18-29(4,35)31-17-22(28(2,3)39-31)16-24(37-26(33)20-12-8-6-9-13-20)30(31,5)25(23)38-27(34)21-14-10-7-11-15-21/h6-15,22-25,35H,16-18H2,1-5H3/t22-,23-,24+,25+,29-,30-,31+/m1/s1. The first kappa shape index (κ1) is 27.3. The minimum absolute atomic E-state index is 0.0168. The van der Waals surface area contributed by atoms with Gasteiger partial charge in [0.2, 0.25) is 0 Å². The van der Waals surface area contributed by atoms with Crippen LogP contribution in [0.15, 0.2) is 60.7 Å². The lowest BCUT2D eigenvalue weighted by atomic mass is 9.48. The lowest BCUT2D eigenvalue weighted by molar-refractivity contribution is -0.322. The number of carbonyl (C=O) groups excluding carboxylic acids is 3. The Hall–Kier alpha value is -3.23. The van der Waals surface area contributed by atoms with Gasteiger partial charge in [-0.25, -0.2) is 9.59 Å². The quantitative estimate of drug-likeness (QED) is 0.440. The Morgan fingerprint density at radius 1 is 0.821 bits per heavy atom. The molecule has 2 bridgehead atoms. The van der Waals surface area contributed by atoms with Gasteiger partial charge in [0.25, 0.3) is 0 Å². The van der Waals surface area contributed by atoms with Gasteiger partial charge in [-0.05, 0) is 70.7 Å². The first-order valence-corrected chi connectivity index (χ1v) is 13.4. The van der Waals surface area contributed by atoms with E-state index in [2.05, 4.69) is 0 Å². The van der Waals surface area contributed by atoms with E-state index in [1.165, 1.54) is 6.92 Å². The van der Waals surface area contributed by atoms with Gasteiger partial charge in [-0.3, -0.25) is 4.79 Å². The van der Waals surface area contributed by atoms with Crippen LogP contribution < -0.4 is 0 Å². The van der Waals surface area contributed by atoms with Crippen LogP contribution in [0.1, 0.15) is 74.6 Å². The van der Waals surface area contributed by atoms with Crippen molar-refractivity contribution in [1.82, 2.24) is 0 Å². The highest BCUT2D eigenvalue weighted by Gasteiger charge is 2.79. The van der Waals surface area contributed by atoms with Gasteiger partial charge in [-0.15, -0.1) is 0 Å². The highest BCUT2D eigenvalue weighted by molar-refractivity contribution is 5.90. The van der Waals surface area contributed by atoms with Crippen molar-refractivity contribution in [2.75, 3.05) is 0 Å². The van der Waals surface area contributed by atoms with Crippen molar-refractivity contribution >= 4 is 17.9 Å². The number of hydrogen-bond acceptors (Lipinski definition) is 8. The molecule has 5 rings (SSSR count). The Morgan fingerprint density at radius 2 is 1.36 bits per heavy atom. The van der Waals surface area contributed by atoms with Crippen LogP contribution in [0.4, 0.5) is 0 Å². The van der Waals surface area contributed by atoms with Gasteiger partial charge >= 0.3 is 17.9 Å². The van der Waals surface area contributed by atoms with E-state index in [-0.39, 0.29) is 12.3 Å². The van der Waals surface area contributed by atoms with Crippen molar-refractivity contribution < 1.29 is 38.4 Å². The van der Waals surface area contributed by atoms with Crippen LogP contribution in [0.25, 0.3) is 0 Å². The SMILES string of the molecule is CC(=O)O[C@@H]1C[C@@](C)(O)[C@@]23C[C@@H](C[C@H](OC(=O)c4ccccc4)[C@]2(C)[C@H]1OC(=O)c1ccccc1)C(C)(C)O3. The minimum Gasteiger partial charge on any atom is -0.458 e. The Morgan fingerprint density at radius 3 is 1.90 bits per heavy atom. The molecule has 3 fully saturated rings. The van der Waals surface area contributed by atoms with Crippen LogP contribution in [0.5, 0.6) is 0 Å². The van der Waals surface area contributed by atoms with E-state index >= 15 is 0 Å². The molecule has 2 aromatic carbocycles. The number of esters is 3. The molecule has 8 nitrogen and oxygen atoms in total. The number of carbonyl (C=O) groups is 3. The fourth-order valence-corrected chi connectivity index (χ4v) is 7.21. The lowest BCUT2D eigenvalue weighted by Crippen LogP contribution is -2.77. The second kappa shape index (κ2) is 9.45. The van der Waals surface area contributed by atoms with Crippen molar-refractivity contribution in [2.24, 2.45) is 11.3 Å². The summed E-state index contributed by atoms with van der Waals surface area (Å²) in [7, 11) is 0. The third kappa shape index (κ3) is 4.34. The molecule has 7 atom stereocenters. The molecule has 2 saturated carbocycles. The van der Waals surface area contributed by atoms with Crippen molar-refractivity contribution in [3.8, 4) is 0 Å². The van der Waals surface area contributed by atoms with Gasteiger partial charge in [0.05, 0.1) is 27.7 Å². The van der Waals surface area contributed by atoms with Crippen molar-refractivity contribution in [3.05, 3.63) is 71.8 Å². The van der Waals surface area contributed by atoms with Crippen LogP contribution >= 0.6 is 0 Å². The second-order valence-corrected chi connectivity index (χ2v) is 12.0. The summed E-state index contributed by atoms with van der Waals surface area (Å²) < 4.78 is 24.9. The fourth-order valence-electron chi connectivity index (χ4n) is 7.21. The fraction of sp³-hybridized carbons (Fsp3) is 0.516. The molecule has 208 valence electrons. The zero-order chi connectivity index (χ0) is 28.2. The number of fused-ring (bicyclic) bond motifs is 1. The van der Waals surface area contributed by atoms with E-state index in [1.807, 2.05) is 26.8 Å². The highest BCUT2D eigenvalue weighted by atomic mass is 16.6. The summed E-state index contributed by atoms with van der Waals surface area (Å²) in [5, 5.41) is 12.1. The Bertz CT molecular complexity index is 1260. The minimum atomic E-state index is -1.50. The van der Waals surface area contributed by atoms with Gasteiger partial charge in [-0.1, -0.05) is 36.4 Å². The number of ether oxygens (including phenoxy) is 4. The van der Waals surface area contributed by atoms with Gasteiger partial charge < -0.3 is 24.1 Å². The molecular formula is C31H36O8. The smallest absolute Gasteiger partial charge is 0.338 e. The molecule has 1 aliphatic heterocycles. The molecule has 0 aromatic heterocycles. The van der Waals surface area contributed by atoms with Gasteiger partial charge in [-0.2, -0.15) is 0 Å². The third-order valence-corrected chi connectivity index (χ3v) is 9.21. The van der Waals surface area contributed by atoms with Gasteiger partial charge in [0.15, 0.2) is 6.10 Å². The zero-order valence-electron chi connectivity index (χ0n) is 23.0. The van der Waals surface area contributed by atoms with Crippen molar-refractivity contribution in [2.45, 2.75) is 89.0 Å². The van der Waals surface area contributed by atoms with Crippen LogP contribution in [-0.4, -0.2) is 58.1 Å². The van der Waals surface area contributed by atoms with E-state index in [0.29, 0.717) is 24.0 Å². The molecule has 1 saturated heterocycles. The van der Waals surface area contributed by atoms with E-state index in [9.17, 15) is 19.5 Å². The Labute approximate surface area is 228 Å². The number of rotatable bonds is 5. The molecule has 1 N–H and O–H groups in total. The summed E-state index contributed by atoms with van der Waals surface area (Å²) in [6, 6.07) is 17.2. The molecule has 0 unspecified atom stereocenters. The summed E-state index contributed by atoms with van der Waals surface area (Å²) in [6.45, 7) is 8.69. The highest BCUT2D eigenvalue weighted by Crippen LogP contribution is 2.68. The molecular weight excluding hydrogens is 500 g/mol. The van der Waals surface area contributed by atoms with Crippen molar-refractivity contribution in [1.29, 1.82) is 0 Å². The topological polar surface area (TPSA) is 108 Å². The molecule has 0 amide bonds. The van der Waals surface area contributed by atoms with Crippen molar-refractivity contribution in [3.63, 3.8) is 0 Å². The van der Waals surface area contributed by atoms with Crippen LogP contribution in [0.3, 0.4) is 0 Å². The number of benzene rings is 2. The zero-order valence-corrected chi connectivity index (χ0v) is 23.0. The molecule has 2 aliphatic carbocycles. The van der Waals surface area contributed by atoms with E-state index in [1.54, 1.807) is 61.5 Å². The molecule has 0 radical (unpaired) electrons. The summed E-state index contributed by atoms with van der Waals surface area (Å²) >= 11 is 0. The second-order valence-electron chi connectivity index (χ2n) is 12.0. The molecule has 39 heavy (non-hydrogen) atoms. The maximum absolute atomic E-state index is 13.4. The Kier molecular flexibility index (Phi) is 6.63. The lowest BCUT2D eigenvalue weighted by Gasteiger charge is -2.63. The molecule has 2 aromatic rings. The normalized spacial score (nSPS) is 36.4. The number of aliphatic hydroxyl groups is 1. The maximum Gasteiger partial charge on any atom is 0.338 e. The van der Waals surface area contributed by atoms with Crippen LogP contribution in [0.2, 0.25) is 0 Å².